The van der Waals surface area contributed by atoms with Crippen LogP contribution < -0.4 is 0 Å². The third-order valence-corrected chi connectivity index (χ3v) is 2.38. The molecule has 15 heavy (non-hydrogen) atoms. The highest BCUT2D eigenvalue weighted by atomic mass is 35.5. The highest BCUT2D eigenvalue weighted by molar-refractivity contribution is 6.32. The van der Waals surface area contributed by atoms with Gasteiger partial charge in [0.05, 0.1) is 11.0 Å². The van der Waals surface area contributed by atoms with Crippen LogP contribution in [-0.4, -0.2) is 15.8 Å². The molecule has 0 N–H and O–H groups in total. The molecule has 0 aliphatic rings. The molecule has 1 aromatic heterocycles. The number of rotatable bonds is 2. The first-order valence-electron chi connectivity index (χ1n) is 4.68. The number of para-hydroxylation sites is 2. The van der Waals surface area contributed by atoms with Gasteiger partial charge in [0.25, 0.3) is 0 Å². The number of aromatic nitrogens is 2. The van der Waals surface area contributed by atoms with E-state index in [9.17, 15) is 4.79 Å². The molecular weight excluding hydrogens is 212 g/mol. The molecule has 0 saturated heterocycles. The van der Waals surface area contributed by atoms with Crippen molar-refractivity contribution >= 4 is 28.4 Å². The molecule has 4 heteroatoms. The Bertz CT molecular complexity index is 525. The molecule has 2 rings (SSSR count). The minimum absolute atomic E-state index is 0.0850. The number of ketones is 1. The predicted molar refractivity (Wildman–Crippen MR) is 59.2 cm³/mol. The van der Waals surface area contributed by atoms with Crippen LogP contribution in [0.15, 0.2) is 24.3 Å². The Morgan fingerprint density at radius 1 is 1.27 bits per heavy atom. The smallest absolute Gasteiger partial charge is 0.184 e. The van der Waals surface area contributed by atoms with E-state index in [-0.39, 0.29) is 16.6 Å². The largest absolute Gasteiger partial charge is 0.292 e. The molecule has 0 atom stereocenters. The van der Waals surface area contributed by atoms with Crippen molar-refractivity contribution in [3.8, 4) is 0 Å². The summed E-state index contributed by atoms with van der Waals surface area (Å²) in [5.41, 5.74) is 1.66. The van der Waals surface area contributed by atoms with Crippen LogP contribution in [0.3, 0.4) is 0 Å². The predicted octanol–water partition coefficient (Wildman–Crippen LogP) is 2.88. The molecule has 0 radical (unpaired) electrons. The summed E-state index contributed by atoms with van der Waals surface area (Å²) in [5, 5.41) is 0.181. The molecule has 2 aromatic rings. The molecule has 0 spiro atoms. The van der Waals surface area contributed by atoms with Crippen molar-refractivity contribution in [2.24, 2.45) is 0 Å². The Hall–Kier alpha value is -1.48. The standard InChI is InChI=1S/C11H9ClN2O/c1-2-9(15)10-11(12)14-8-6-4-3-5-7(8)13-10/h3-6H,2H2,1H3. The first-order valence-corrected chi connectivity index (χ1v) is 5.05. The molecule has 0 aliphatic carbocycles. The lowest BCUT2D eigenvalue weighted by atomic mass is 10.2. The average Bonchev–Trinajstić information content (AvgIpc) is 2.27. The molecular formula is C11H9ClN2O. The van der Waals surface area contributed by atoms with Crippen LogP contribution in [0.4, 0.5) is 0 Å². The SMILES string of the molecule is CCC(=O)c1nc2ccccc2nc1Cl. The minimum Gasteiger partial charge on any atom is -0.292 e. The fourth-order valence-electron chi connectivity index (χ4n) is 1.32. The van der Waals surface area contributed by atoms with Gasteiger partial charge in [-0.2, -0.15) is 0 Å². The van der Waals surface area contributed by atoms with Gasteiger partial charge in [-0.25, -0.2) is 9.97 Å². The monoisotopic (exact) mass is 220 g/mol. The van der Waals surface area contributed by atoms with E-state index in [0.29, 0.717) is 17.5 Å². The van der Waals surface area contributed by atoms with E-state index in [2.05, 4.69) is 9.97 Å². The lowest BCUT2D eigenvalue weighted by Gasteiger charge is -2.02. The van der Waals surface area contributed by atoms with Gasteiger partial charge in [0.2, 0.25) is 0 Å². The Kier molecular flexibility index (Phi) is 2.64. The highest BCUT2D eigenvalue weighted by Crippen LogP contribution is 2.17. The summed E-state index contributed by atoms with van der Waals surface area (Å²) in [6.45, 7) is 1.77. The van der Waals surface area contributed by atoms with Gasteiger partial charge in [-0.05, 0) is 12.1 Å². The van der Waals surface area contributed by atoms with Crippen LogP contribution in [0.5, 0.6) is 0 Å². The lowest BCUT2D eigenvalue weighted by Crippen LogP contribution is -2.03. The van der Waals surface area contributed by atoms with E-state index >= 15 is 0 Å². The summed E-state index contributed by atoms with van der Waals surface area (Å²) in [5.74, 6) is -0.0850. The zero-order chi connectivity index (χ0) is 10.8. The average molecular weight is 221 g/mol. The van der Waals surface area contributed by atoms with E-state index < -0.39 is 0 Å². The zero-order valence-electron chi connectivity index (χ0n) is 8.20. The van der Waals surface area contributed by atoms with Gasteiger partial charge in [0.15, 0.2) is 10.9 Å². The van der Waals surface area contributed by atoms with Gasteiger partial charge < -0.3 is 0 Å². The number of carbonyl (C=O) groups is 1. The molecule has 0 fully saturated rings. The van der Waals surface area contributed by atoms with E-state index in [4.69, 9.17) is 11.6 Å². The summed E-state index contributed by atoms with van der Waals surface area (Å²) in [4.78, 5) is 19.8. The van der Waals surface area contributed by atoms with Crippen LogP contribution in [0.2, 0.25) is 5.15 Å². The molecule has 1 heterocycles. The summed E-state index contributed by atoms with van der Waals surface area (Å²) in [6.07, 6.45) is 0.382. The van der Waals surface area contributed by atoms with Crippen molar-refractivity contribution in [3.05, 3.63) is 35.1 Å². The fraction of sp³-hybridized carbons (Fsp3) is 0.182. The summed E-state index contributed by atoms with van der Waals surface area (Å²) in [7, 11) is 0. The Balaban J connectivity index is 2.67. The van der Waals surface area contributed by atoms with E-state index in [1.165, 1.54) is 0 Å². The second-order valence-electron chi connectivity index (χ2n) is 3.13. The molecule has 0 saturated carbocycles. The third-order valence-electron chi connectivity index (χ3n) is 2.11. The maximum atomic E-state index is 11.5. The number of fused-ring (bicyclic) bond motifs is 1. The van der Waals surface area contributed by atoms with E-state index in [1.807, 2.05) is 24.3 Å². The van der Waals surface area contributed by atoms with Crippen LogP contribution >= 0.6 is 11.6 Å². The van der Waals surface area contributed by atoms with Gasteiger partial charge in [-0.1, -0.05) is 30.7 Å². The Labute approximate surface area is 92.1 Å². The third kappa shape index (κ3) is 1.83. The second-order valence-corrected chi connectivity index (χ2v) is 3.49. The summed E-state index contributed by atoms with van der Waals surface area (Å²) >= 11 is 5.88. The molecule has 0 amide bonds. The number of hydrogen-bond acceptors (Lipinski definition) is 3. The fourth-order valence-corrected chi connectivity index (χ4v) is 1.56. The van der Waals surface area contributed by atoms with Gasteiger partial charge >= 0.3 is 0 Å². The molecule has 0 bridgehead atoms. The van der Waals surface area contributed by atoms with Crippen LogP contribution in [0.1, 0.15) is 23.8 Å². The number of benzene rings is 1. The van der Waals surface area contributed by atoms with Crippen LogP contribution in [0.25, 0.3) is 11.0 Å². The molecule has 3 nitrogen and oxygen atoms in total. The Morgan fingerprint density at radius 2 is 1.87 bits per heavy atom. The Morgan fingerprint density at radius 3 is 2.47 bits per heavy atom. The molecule has 0 unspecified atom stereocenters. The molecule has 1 aromatic carbocycles. The number of halogens is 1. The van der Waals surface area contributed by atoms with Gasteiger partial charge in [-0.3, -0.25) is 4.79 Å². The number of Topliss-reactive ketones (excluding diaryl/α,β-unsaturated/α-hetero) is 1. The summed E-state index contributed by atoms with van der Waals surface area (Å²) < 4.78 is 0. The van der Waals surface area contributed by atoms with Gasteiger partial charge in [0, 0.05) is 6.42 Å². The van der Waals surface area contributed by atoms with Crippen LogP contribution in [-0.2, 0) is 0 Å². The van der Waals surface area contributed by atoms with Gasteiger partial charge in [0.1, 0.15) is 5.69 Å². The van der Waals surface area contributed by atoms with Crippen molar-refractivity contribution in [2.75, 3.05) is 0 Å². The quantitative estimate of drug-likeness (QED) is 0.731. The topological polar surface area (TPSA) is 42.9 Å². The van der Waals surface area contributed by atoms with E-state index in [1.54, 1.807) is 6.92 Å². The minimum atomic E-state index is -0.0850. The van der Waals surface area contributed by atoms with Crippen molar-refractivity contribution in [3.63, 3.8) is 0 Å². The first kappa shape index (κ1) is 10.1. The number of nitrogens with zero attached hydrogens (tertiary/aromatic N) is 2. The van der Waals surface area contributed by atoms with Crippen molar-refractivity contribution in [1.82, 2.24) is 9.97 Å². The zero-order valence-corrected chi connectivity index (χ0v) is 8.95. The van der Waals surface area contributed by atoms with Crippen molar-refractivity contribution < 1.29 is 4.79 Å². The highest BCUT2D eigenvalue weighted by Gasteiger charge is 2.12. The van der Waals surface area contributed by atoms with Crippen LogP contribution in [0, 0.1) is 0 Å². The lowest BCUT2D eigenvalue weighted by molar-refractivity contribution is 0.0983. The molecule has 0 aliphatic heterocycles. The maximum absolute atomic E-state index is 11.5. The van der Waals surface area contributed by atoms with Gasteiger partial charge in [-0.15, -0.1) is 0 Å². The molecule has 76 valence electrons. The van der Waals surface area contributed by atoms with Crippen molar-refractivity contribution in [2.45, 2.75) is 13.3 Å². The second kappa shape index (κ2) is 3.95. The van der Waals surface area contributed by atoms with Crippen molar-refractivity contribution in [1.29, 1.82) is 0 Å². The normalized spacial score (nSPS) is 10.5. The summed E-state index contributed by atoms with van der Waals surface area (Å²) in [6, 6.07) is 7.33. The number of hydrogen-bond donors (Lipinski definition) is 0. The van der Waals surface area contributed by atoms with E-state index in [0.717, 1.165) is 0 Å². The maximum Gasteiger partial charge on any atom is 0.184 e. The number of carbonyl (C=O) groups excluding carboxylic acids is 1. The first-order chi connectivity index (χ1) is 7.22.